The molecule has 430 valence electrons. The SMILES string of the molecule is Cc1cc2c3c(c1)N(c1ccc(-c4ccc([Si](c5ccccc5)(c5ccccc5)c5ccccc5)cc4)cc1)c1c(sc4cc5c(cc14)C(C)(C)CCC5(C)C)B3c1cc3c(cc1N2c1ccc2c(c1)C(C)(C)CCC2(C)C)C(C)(C)CCC3(C)C. The van der Waals surface area contributed by atoms with E-state index in [1.165, 1.54) is 169 Å². The molecule has 2 aliphatic heterocycles. The zero-order valence-corrected chi connectivity index (χ0v) is 54.9. The van der Waals surface area contributed by atoms with Crippen molar-refractivity contribution in [3.63, 3.8) is 0 Å². The van der Waals surface area contributed by atoms with Crippen molar-refractivity contribution >= 4 is 107 Å². The molecule has 0 spiro atoms. The van der Waals surface area contributed by atoms with E-state index in [9.17, 15) is 0 Å². The van der Waals surface area contributed by atoms with Crippen LogP contribution < -0.4 is 46.2 Å². The molecule has 0 amide bonds. The Bertz CT molecular complexity index is 4260. The molecule has 0 saturated carbocycles. The molecule has 0 saturated heterocycles. The van der Waals surface area contributed by atoms with Crippen molar-refractivity contribution in [1.82, 2.24) is 0 Å². The van der Waals surface area contributed by atoms with Crippen molar-refractivity contribution in [3.8, 4) is 11.1 Å². The summed E-state index contributed by atoms with van der Waals surface area (Å²) in [6.45, 7) is 32.3. The molecule has 1 aromatic heterocycles. The zero-order chi connectivity index (χ0) is 59.7. The standard InChI is InChI=1S/C81H83BN2SSi/c1-52-45-70-73-71(46-52)84(55-33-29-53(30-34-55)54-31-36-60(37-32-54)86(57-23-17-14-18-24-57,58-25-19-15-20-26-58)59-27-21-16-22-28-59)74-61-48-64-67(81(12,13)44-41-78(64,6)7)51-72(61)85-75(74)82(73)68-49-65-66(80(10,11)43-42-79(65,8)9)50-69(68)83(70)56-35-38-62-63(47-56)77(4,5)40-39-76(62,2)3/h14-38,45-51H,39-44H2,1-13H3. The first-order valence-corrected chi connectivity index (χ1v) is 34.9. The van der Waals surface area contributed by atoms with Gasteiger partial charge in [0.2, 0.25) is 0 Å². The summed E-state index contributed by atoms with van der Waals surface area (Å²) in [7, 11) is -2.68. The van der Waals surface area contributed by atoms with E-state index in [2.05, 4.69) is 305 Å². The molecule has 15 rings (SSSR count). The van der Waals surface area contributed by atoms with Gasteiger partial charge in [0.25, 0.3) is 6.71 Å². The van der Waals surface area contributed by atoms with Gasteiger partial charge in [-0.3, -0.25) is 0 Å². The van der Waals surface area contributed by atoms with Gasteiger partial charge >= 0.3 is 0 Å². The van der Waals surface area contributed by atoms with Gasteiger partial charge in [-0.15, -0.1) is 11.3 Å². The summed E-state index contributed by atoms with van der Waals surface area (Å²) in [5, 5.41) is 6.93. The fraction of sp³-hybridized carbons (Fsp3) is 0.309. The number of rotatable bonds is 7. The van der Waals surface area contributed by atoms with E-state index in [0.717, 1.165) is 0 Å². The average Bonchev–Trinajstić information content (AvgIpc) is 1.24. The average molecular weight is 1160 g/mol. The molecule has 5 aliphatic rings. The lowest BCUT2D eigenvalue weighted by atomic mass is 9.35. The first kappa shape index (κ1) is 55.4. The van der Waals surface area contributed by atoms with Gasteiger partial charge in [-0.2, -0.15) is 0 Å². The maximum absolute atomic E-state index is 2.73. The quantitative estimate of drug-likeness (QED) is 0.116. The molecule has 0 fully saturated rings. The van der Waals surface area contributed by atoms with E-state index in [1.807, 2.05) is 0 Å². The molecule has 9 aromatic carbocycles. The molecule has 0 bridgehead atoms. The Labute approximate surface area is 518 Å². The third-order valence-electron chi connectivity index (χ3n) is 22.2. The van der Waals surface area contributed by atoms with E-state index in [-0.39, 0.29) is 39.2 Å². The Morgan fingerprint density at radius 2 is 0.779 bits per heavy atom. The van der Waals surface area contributed by atoms with Crippen molar-refractivity contribution in [2.24, 2.45) is 0 Å². The molecule has 3 heterocycles. The molecule has 5 heteroatoms. The first-order valence-electron chi connectivity index (χ1n) is 32.1. The van der Waals surface area contributed by atoms with Gasteiger partial charge in [0.05, 0.1) is 5.69 Å². The van der Waals surface area contributed by atoms with Crippen LogP contribution in [0.2, 0.25) is 0 Å². The molecule has 0 atom stereocenters. The Morgan fingerprint density at radius 3 is 1.29 bits per heavy atom. The minimum absolute atomic E-state index is 0.0429. The highest BCUT2D eigenvalue weighted by molar-refractivity contribution is 7.33. The number of fused-ring (bicyclic) bond motifs is 9. The second-order valence-electron chi connectivity index (χ2n) is 30.5. The Kier molecular flexibility index (Phi) is 12.3. The summed E-state index contributed by atoms with van der Waals surface area (Å²) in [6, 6.07) is 76.5. The fourth-order valence-electron chi connectivity index (χ4n) is 16.8. The number of anilines is 6. The van der Waals surface area contributed by atoms with Crippen LogP contribution >= 0.6 is 11.3 Å². The van der Waals surface area contributed by atoms with E-state index < -0.39 is 8.07 Å². The molecular formula is C81H83BN2SSi. The highest BCUT2D eigenvalue weighted by Gasteiger charge is 2.50. The molecule has 0 N–H and O–H groups in total. The van der Waals surface area contributed by atoms with Crippen LogP contribution in [0.5, 0.6) is 0 Å². The number of thiophene rings is 1. The maximum Gasteiger partial charge on any atom is 0.264 e. The summed E-state index contributed by atoms with van der Waals surface area (Å²) in [6.07, 6.45) is 7.09. The smallest absolute Gasteiger partial charge is 0.264 e. The monoisotopic (exact) mass is 1150 g/mol. The Hall–Kier alpha value is -7.18. The summed E-state index contributed by atoms with van der Waals surface area (Å²) >= 11 is 2.07. The molecular weight excluding hydrogens is 1070 g/mol. The van der Waals surface area contributed by atoms with Crippen molar-refractivity contribution < 1.29 is 0 Å². The summed E-state index contributed by atoms with van der Waals surface area (Å²) in [5.41, 5.74) is 23.9. The van der Waals surface area contributed by atoms with Gasteiger partial charge in [0.15, 0.2) is 8.07 Å². The lowest BCUT2D eigenvalue weighted by Crippen LogP contribution is -2.74. The Morgan fingerprint density at radius 1 is 0.372 bits per heavy atom. The van der Waals surface area contributed by atoms with Crippen LogP contribution in [0.3, 0.4) is 0 Å². The molecule has 3 aliphatic carbocycles. The lowest BCUT2D eigenvalue weighted by Gasteiger charge is -2.47. The van der Waals surface area contributed by atoms with Crippen LogP contribution in [-0.2, 0) is 32.5 Å². The van der Waals surface area contributed by atoms with Gasteiger partial charge in [-0.1, -0.05) is 223 Å². The predicted octanol–water partition coefficient (Wildman–Crippen LogP) is 17.4. The van der Waals surface area contributed by atoms with Crippen molar-refractivity contribution in [2.75, 3.05) is 9.80 Å². The van der Waals surface area contributed by atoms with Gasteiger partial charge in [0, 0.05) is 43.3 Å². The largest absolute Gasteiger partial charge is 0.311 e. The molecule has 10 aromatic rings. The maximum atomic E-state index is 2.73. The minimum Gasteiger partial charge on any atom is -0.311 e. The number of nitrogens with zero attached hydrogens (tertiary/aromatic N) is 2. The first-order chi connectivity index (χ1) is 41.0. The third-order valence-corrected chi connectivity index (χ3v) is 28.2. The number of aryl methyl sites for hydroxylation is 1. The zero-order valence-electron chi connectivity index (χ0n) is 53.1. The molecule has 86 heavy (non-hydrogen) atoms. The van der Waals surface area contributed by atoms with Crippen LogP contribution in [0, 0.1) is 6.92 Å². The lowest BCUT2D eigenvalue weighted by molar-refractivity contribution is 0.332. The van der Waals surface area contributed by atoms with E-state index in [1.54, 1.807) is 0 Å². The summed E-state index contributed by atoms with van der Waals surface area (Å²) < 4.78 is 2.86. The van der Waals surface area contributed by atoms with E-state index in [0.29, 0.717) is 0 Å². The second kappa shape index (κ2) is 19.2. The van der Waals surface area contributed by atoms with Gasteiger partial charge in [-0.05, 0) is 214 Å². The van der Waals surface area contributed by atoms with Gasteiger partial charge in [0.1, 0.15) is 0 Å². The summed E-state index contributed by atoms with van der Waals surface area (Å²) in [5.74, 6) is 0. The second-order valence-corrected chi connectivity index (χ2v) is 35.4. The molecule has 2 nitrogen and oxygen atoms in total. The van der Waals surface area contributed by atoms with Crippen LogP contribution in [0.4, 0.5) is 34.1 Å². The van der Waals surface area contributed by atoms with Crippen LogP contribution in [-0.4, -0.2) is 14.8 Å². The van der Waals surface area contributed by atoms with Gasteiger partial charge < -0.3 is 9.80 Å². The van der Waals surface area contributed by atoms with E-state index >= 15 is 0 Å². The van der Waals surface area contributed by atoms with Crippen LogP contribution in [0.25, 0.3) is 21.2 Å². The van der Waals surface area contributed by atoms with Crippen molar-refractivity contribution in [1.29, 1.82) is 0 Å². The number of hydrogen-bond donors (Lipinski definition) is 0. The molecule has 0 radical (unpaired) electrons. The Balaban J connectivity index is 0.950. The number of benzene rings is 9. The van der Waals surface area contributed by atoms with Crippen molar-refractivity contribution in [3.05, 3.63) is 233 Å². The minimum atomic E-state index is -2.68. The van der Waals surface area contributed by atoms with E-state index in [4.69, 9.17) is 0 Å². The van der Waals surface area contributed by atoms with Crippen molar-refractivity contribution in [2.45, 2.75) is 161 Å². The van der Waals surface area contributed by atoms with Crippen LogP contribution in [0.1, 0.15) is 161 Å². The molecule has 0 unspecified atom stereocenters. The fourth-order valence-corrected chi connectivity index (χ4v) is 22.9. The third kappa shape index (κ3) is 8.29. The van der Waals surface area contributed by atoms with Gasteiger partial charge in [-0.25, -0.2) is 0 Å². The highest BCUT2D eigenvalue weighted by Crippen LogP contribution is 2.55. The summed E-state index contributed by atoms with van der Waals surface area (Å²) in [4.78, 5) is 5.44. The van der Waals surface area contributed by atoms with Crippen LogP contribution in [0.15, 0.2) is 194 Å². The number of hydrogen-bond acceptors (Lipinski definition) is 3. The normalized spacial score (nSPS) is 18.7. The predicted molar refractivity (Wildman–Crippen MR) is 375 cm³/mol. The topological polar surface area (TPSA) is 6.48 Å². The highest BCUT2D eigenvalue weighted by atomic mass is 32.1.